The van der Waals surface area contributed by atoms with Gasteiger partial charge in [-0.2, -0.15) is 0 Å². The molecule has 0 heterocycles. The summed E-state index contributed by atoms with van der Waals surface area (Å²) in [5.74, 6) is -0.0920. The van der Waals surface area contributed by atoms with Gasteiger partial charge < -0.3 is 20.9 Å². The number of rotatable bonds is 10. The molecule has 5 heteroatoms. The molecule has 4 N–H and O–H groups in total. The number of nitrogens with two attached hydrogens (primary N) is 1. The fraction of sp³-hybridized carbons (Fsp3) is 0.900. The molecule has 0 atom stereocenters. The van der Waals surface area contributed by atoms with Crippen LogP contribution in [0.4, 0.5) is 0 Å². The molecule has 5 nitrogen and oxygen atoms in total. The number of ether oxygens (including phenoxy) is 1. The van der Waals surface area contributed by atoms with Crippen LogP contribution in [0.5, 0.6) is 0 Å². The average Bonchev–Trinajstić information content (AvgIpc) is 2.23. The molecule has 0 saturated heterocycles. The van der Waals surface area contributed by atoms with Crippen LogP contribution in [0.2, 0.25) is 0 Å². The van der Waals surface area contributed by atoms with Crippen molar-refractivity contribution < 1.29 is 14.6 Å². The average molecular weight is 218 g/mol. The van der Waals surface area contributed by atoms with E-state index in [0.29, 0.717) is 19.7 Å². The third kappa shape index (κ3) is 11.3. The highest BCUT2D eigenvalue weighted by atomic mass is 16.5. The summed E-state index contributed by atoms with van der Waals surface area (Å²) in [5, 5.41) is 11.3. The Morgan fingerprint density at radius 2 is 2.00 bits per heavy atom. The monoisotopic (exact) mass is 218 g/mol. The first-order valence-corrected chi connectivity index (χ1v) is 5.46. The number of unbranched alkanes of at least 4 members (excludes halogenated alkanes) is 3. The van der Waals surface area contributed by atoms with Crippen LogP contribution in [0.15, 0.2) is 0 Å². The lowest BCUT2D eigenvalue weighted by Crippen LogP contribution is -2.29. The van der Waals surface area contributed by atoms with E-state index in [9.17, 15) is 4.79 Å². The van der Waals surface area contributed by atoms with Crippen molar-refractivity contribution in [2.45, 2.75) is 25.7 Å². The maximum atomic E-state index is 11.1. The Kier molecular flexibility index (Phi) is 10.9. The minimum atomic E-state index is -0.0920. The molecule has 90 valence electrons. The minimum Gasteiger partial charge on any atom is -0.396 e. The first-order chi connectivity index (χ1) is 7.31. The number of nitrogens with one attached hydrogen (secondary N) is 1. The zero-order chi connectivity index (χ0) is 11.4. The van der Waals surface area contributed by atoms with E-state index in [1.807, 2.05) is 0 Å². The number of amides is 1. The summed E-state index contributed by atoms with van der Waals surface area (Å²) in [7, 11) is 0. The predicted octanol–water partition coefficient (Wildman–Crippen LogP) is -0.369. The molecule has 0 saturated carbocycles. The molecule has 0 aromatic carbocycles. The van der Waals surface area contributed by atoms with Crippen molar-refractivity contribution in [3.63, 3.8) is 0 Å². The summed E-state index contributed by atoms with van der Waals surface area (Å²) in [4.78, 5) is 11.1. The van der Waals surface area contributed by atoms with Gasteiger partial charge in [0.1, 0.15) is 6.61 Å². The summed E-state index contributed by atoms with van der Waals surface area (Å²) >= 11 is 0. The normalized spacial score (nSPS) is 10.3. The van der Waals surface area contributed by atoms with Crippen LogP contribution in [0, 0.1) is 0 Å². The van der Waals surface area contributed by atoms with Crippen LogP contribution in [0.3, 0.4) is 0 Å². The zero-order valence-electron chi connectivity index (χ0n) is 9.21. The van der Waals surface area contributed by atoms with E-state index >= 15 is 0 Å². The van der Waals surface area contributed by atoms with Crippen molar-refractivity contribution in [1.82, 2.24) is 5.32 Å². The highest BCUT2D eigenvalue weighted by Gasteiger charge is 1.99. The Morgan fingerprint density at radius 3 is 2.67 bits per heavy atom. The van der Waals surface area contributed by atoms with Crippen molar-refractivity contribution in [2.24, 2.45) is 5.73 Å². The molecule has 1 amide bonds. The molecular weight excluding hydrogens is 196 g/mol. The fourth-order valence-corrected chi connectivity index (χ4v) is 1.12. The van der Waals surface area contributed by atoms with E-state index < -0.39 is 0 Å². The lowest BCUT2D eigenvalue weighted by molar-refractivity contribution is -0.125. The topological polar surface area (TPSA) is 84.6 Å². The standard InChI is InChI=1S/C10H22N2O3/c11-5-8-15-9-10(14)12-6-3-1-2-4-7-13/h13H,1-9,11H2,(H,12,14). The Balaban J connectivity index is 3.10. The van der Waals surface area contributed by atoms with E-state index in [0.717, 1.165) is 25.7 Å². The molecule has 0 radical (unpaired) electrons. The Morgan fingerprint density at radius 1 is 1.27 bits per heavy atom. The van der Waals surface area contributed by atoms with Gasteiger partial charge in [0.15, 0.2) is 0 Å². The summed E-state index contributed by atoms with van der Waals surface area (Å²) in [6.07, 6.45) is 3.83. The van der Waals surface area contributed by atoms with Crippen molar-refractivity contribution in [2.75, 3.05) is 32.9 Å². The molecular formula is C10H22N2O3. The maximum absolute atomic E-state index is 11.1. The Hall–Kier alpha value is -0.650. The quantitative estimate of drug-likeness (QED) is 0.437. The summed E-state index contributed by atoms with van der Waals surface area (Å²) < 4.78 is 4.97. The minimum absolute atomic E-state index is 0.0911. The number of hydrogen-bond donors (Lipinski definition) is 3. The predicted molar refractivity (Wildman–Crippen MR) is 58.4 cm³/mol. The maximum Gasteiger partial charge on any atom is 0.245 e. The summed E-state index contributed by atoms with van der Waals surface area (Å²) in [6.45, 7) is 1.88. The second-order valence-corrected chi connectivity index (χ2v) is 3.33. The molecule has 0 spiro atoms. The van der Waals surface area contributed by atoms with Crippen molar-refractivity contribution in [3.05, 3.63) is 0 Å². The van der Waals surface area contributed by atoms with Crippen molar-refractivity contribution in [1.29, 1.82) is 0 Å². The van der Waals surface area contributed by atoms with Crippen LogP contribution in [-0.4, -0.2) is 43.9 Å². The second kappa shape index (κ2) is 11.4. The van der Waals surface area contributed by atoms with E-state index in [1.165, 1.54) is 0 Å². The SMILES string of the molecule is NCCOCC(=O)NCCCCCCO. The zero-order valence-corrected chi connectivity index (χ0v) is 9.21. The first kappa shape index (κ1) is 14.3. The van der Waals surface area contributed by atoms with Gasteiger partial charge in [0.05, 0.1) is 6.61 Å². The van der Waals surface area contributed by atoms with Crippen molar-refractivity contribution in [3.8, 4) is 0 Å². The number of aliphatic hydroxyl groups is 1. The van der Waals surface area contributed by atoms with Gasteiger partial charge in [0.25, 0.3) is 0 Å². The van der Waals surface area contributed by atoms with Crippen LogP contribution in [0.25, 0.3) is 0 Å². The Bertz CT molecular complexity index is 154. The lowest BCUT2D eigenvalue weighted by Gasteiger charge is -2.05. The molecule has 0 aliphatic heterocycles. The third-order valence-electron chi connectivity index (χ3n) is 1.90. The second-order valence-electron chi connectivity index (χ2n) is 3.33. The molecule has 0 aromatic rings. The lowest BCUT2D eigenvalue weighted by atomic mass is 10.2. The molecule has 0 unspecified atom stereocenters. The molecule has 0 aliphatic carbocycles. The number of aliphatic hydroxyl groups excluding tert-OH is 1. The highest BCUT2D eigenvalue weighted by Crippen LogP contribution is 1.97. The van der Waals surface area contributed by atoms with Gasteiger partial charge in [-0.1, -0.05) is 12.8 Å². The van der Waals surface area contributed by atoms with Crippen LogP contribution >= 0.6 is 0 Å². The molecule has 0 rings (SSSR count). The van der Waals surface area contributed by atoms with Crippen LogP contribution < -0.4 is 11.1 Å². The van der Waals surface area contributed by atoms with Crippen LogP contribution in [-0.2, 0) is 9.53 Å². The van der Waals surface area contributed by atoms with Gasteiger partial charge in [-0.15, -0.1) is 0 Å². The number of carbonyl (C=O) groups excluding carboxylic acids is 1. The molecule has 15 heavy (non-hydrogen) atoms. The number of carbonyl (C=O) groups is 1. The van der Waals surface area contributed by atoms with Gasteiger partial charge in [0.2, 0.25) is 5.91 Å². The van der Waals surface area contributed by atoms with E-state index in [2.05, 4.69) is 5.32 Å². The van der Waals surface area contributed by atoms with Gasteiger partial charge in [-0.25, -0.2) is 0 Å². The van der Waals surface area contributed by atoms with Gasteiger partial charge in [-0.05, 0) is 12.8 Å². The van der Waals surface area contributed by atoms with Gasteiger partial charge in [0, 0.05) is 19.7 Å². The van der Waals surface area contributed by atoms with E-state index in [-0.39, 0.29) is 19.1 Å². The molecule has 0 aliphatic rings. The molecule has 0 aromatic heterocycles. The Labute approximate surface area is 91.0 Å². The number of hydrogen-bond acceptors (Lipinski definition) is 4. The third-order valence-corrected chi connectivity index (χ3v) is 1.90. The summed E-state index contributed by atoms with van der Waals surface area (Å²) in [5.41, 5.74) is 5.21. The molecule has 0 fully saturated rings. The fourth-order valence-electron chi connectivity index (χ4n) is 1.12. The summed E-state index contributed by atoms with van der Waals surface area (Å²) in [6, 6.07) is 0. The van der Waals surface area contributed by atoms with Crippen LogP contribution in [0.1, 0.15) is 25.7 Å². The first-order valence-electron chi connectivity index (χ1n) is 5.46. The van der Waals surface area contributed by atoms with E-state index in [4.69, 9.17) is 15.6 Å². The van der Waals surface area contributed by atoms with Gasteiger partial charge in [-0.3, -0.25) is 4.79 Å². The largest absolute Gasteiger partial charge is 0.396 e. The van der Waals surface area contributed by atoms with Gasteiger partial charge >= 0.3 is 0 Å². The highest BCUT2D eigenvalue weighted by molar-refractivity contribution is 5.77. The van der Waals surface area contributed by atoms with Crippen molar-refractivity contribution >= 4 is 5.91 Å². The smallest absolute Gasteiger partial charge is 0.245 e. The molecule has 0 bridgehead atoms. The van der Waals surface area contributed by atoms with E-state index in [1.54, 1.807) is 0 Å².